The summed E-state index contributed by atoms with van der Waals surface area (Å²) in [5.74, 6) is 1.28. The van der Waals surface area contributed by atoms with Crippen LogP contribution < -0.4 is 5.32 Å². The van der Waals surface area contributed by atoms with Gasteiger partial charge in [-0.25, -0.2) is 0 Å². The van der Waals surface area contributed by atoms with Gasteiger partial charge in [-0.1, -0.05) is 20.3 Å². The lowest BCUT2D eigenvalue weighted by Gasteiger charge is -2.33. The lowest BCUT2D eigenvalue weighted by molar-refractivity contribution is -0.142. The van der Waals surface area contributed by atoms with Crippen molar-refractivity contribution in [1.29, 1.82) is 0 Å². The van der Waals surface area contributed by atoms with Crippen LogP contribution in [0.1, 0.15) is 52.4 Å². The van der Waals surface area contributed by atoms with Crippen molar-refractivity contribution in [1.82, 2.24) is 5.32 Å². The van der Waals surface area contributed by atoms with E-state index in [2.05, 4.69) is 19.2 Å². The number of carboxylic acid groups (broad SMARTS) is 1. The van der Waals surface area contributed by atoms with Crippen molar-refractivity contribution in [3.63, 3.8) is 0 Å². The zero-order valence-electron chi connectivity index (χ0n) is 11.7. The minimum absolute atomic E-state index is 0.101. The van der Waals surface area contributed by atoms with Crippen molar-refractivity contribution in [3.8, 4) is 0 Å². The quantitative estimate of drug-likeness (QED) is 0.810. The number of hydrogen-bond donors (Lipinski definition) is 2. The standard InChI is InChI=1S/C15H27NO2/c1-10-6-11(2)8-13(7-10)16-9-12-4-3-5-14(12)15(17)18/h10-14,16H,3-9H2,1-2H3,(H,17,18). The third-order valence-electron chi connectivity index (χ3n) is 4.82. The molecule has 2 aliphatic rings. The second-order valence-electron chi connectivity index (χ2n) is 6.66. The zero-order valence-corrected chi connectivity index (χ0v) is 11.7. The van der Waals surface area contributed by atoms with Crippen LogP contribution in [-0.2, 0) is 4.79 Å². The van der Waals surface area contributed by atoms with Crippen LogP contribution >= 0.6 is 0 Å². The van der Waals surface area contributed by atoms with Crippen LogP contribution in [0.3, 0.4) is 0 Å². The van der Waals surface area contributed by atoms with E-state index < -0.39 is 5.97 Å². The Bertz CT molecular complexity index is 282. The molecule has 0 spiro atoms. The molecule has 2 rings (SSSR count). The maximum atomic E-state index is 11.1. The predicted octanol–water partition coefficient (Wildman–Crippen LogP) is 2.90. The van der Waals surface area contributed by atoms with Gasteiger partial charge in [0.1, 0.15) is 0 Å². The molecule has 0 radical (unpaired) electrons. The minimum Gasteiger partial charge on any atom is -0.481 e. The van der Waals surface area contributed by atoms with Gasteiger partial charge in [-0.3, -0.25) is 4.79 Å². The minimum atomic E-state index is -0.593. The Morgan fingerprint density at radius 3 is 2.44 bits per heavy atom. The van der Waals surface area contributed by atoms with Gasteiger partial charge in [-0.2, -0.15) is 0 Å². The third kappa shape index (κ3) is 3.47. The molecule has 2 aliphatic carbocycles. The summed E-state index contributed by atoms with van der Waals surface area (Å²) >= 11 is 0. The zero-order chi connectivity index (χ0) is 13.1. The smallest absolute Gasteiger partial charge is 0.306 e. The van der Waals surface area contributed by atoms with Gasteiger partial charge < -0.3 is 10.4 Å². The largest absolute Gasteiger partial charge is 0.481 e. The molecule has 0 saturated heterocycles. The van der Waals surface area contributed by atoms with Gasteiger partial charge in [0.15, 0.2) is 0 Å². The number of carbonyl (C=O) groups is 1. The number of nitrogens with one attached hydrogen (secondary N) is 1. The molecular formula is C15H27NO2. The van der Waals surface area contributed by atoms with E-state index in [-0.39, 0.29) is 5.92 Å². The van der Waals surface area contributed by atoms with Gasteiger partial charge in [-0.05, 0) is 56.4 Å². The molecule has 2 fully saturated rings. The molecule has 2 N–H and O–H groups in total. The highest BCUT2D eigenvalue weighted by atomic mass is 16.4. The average molecular weight is 253 g/mol. The molecule has 2 saturated carbocycles. The maximum absolute atomic E-state index is 11.1. The Labute approximate surface area is 110 Å². The van der Waals surface area contributed by atoms with Crippen molar-refractivity contribution in [2.24, 2.45) is 23.7 Å². The van der Waals surface area contributed by atoms with E-state index in [1.54, 1.807) is 0 Å². The number of hydrogen-bond acceptors (Lipinski definition) is 2. The number of rotatable bonds is 4. The van der Waals surface area contributed by atoms with E-state index in [9.17, 15) is 9.90 Å². The summed E-state index contributed by atoms with van der Waals surface area (Å²) in [4.78, 5) is 11.1. The second-order valence-corrected chi connectivity index (χ2v) is 6.66. The normalized spacial score (nSPS) is 40.9. The Balaban J connectivity index is 1.78. The van der Waals surface area contributed by atoms with Crippen LogP contribution in [0.4, 0.5) is 0 Å². The molecule has 0 aliphatic heterocycles. The summed E-state index contributed by atoms with van der Waals surface area (Å²) < 4.78 is 0. The Morgan fingerprint density at radius 1 is 1.17 bits per heavy atom. The second kappa shape index (κ2) is 6.05. The first-order chi connectivity index (χ1) is 8.56. The van der Waals surface area contributed by atoms with E-state index in [1.807, 2.05) is 0 Å². The Morgan fingerprint density at radius 2 is 1.83 bits per heavy atom. The summed E-state index contributed by atoms with van der Waals surface area (Å²) in [7, 11) is 0. The fraction of sp³-hybridized carbons (Fsp3) is 0.933. The maximum Gasteiger partial charge on any atom is 0.306 e. The van der Waals surface area contributed by atoms with E-state index in [1.165, 1.54) is 19.3 Å². The molecule has 0 aromatic carbocycles. The molecule has 0 aromatic heterocycles. The molecule has 0 bridgehead atoms. The highest BCUT2D eigenvalue weighted by Gasteiger charge is 2.33. The fourth-order valence-corrected chi connectivity index (χ4v) is 4.04. The summed E-state index contributed by atoms with van der Waals surface area (Å²) in [5.41, 5.74) is 0. The average Bonchev–Trinajstić information content (AvgIpc) is 2.73. The van der Waals surface area contributed by atoms with Crippen LogP contribution in [0.2, 0.25) is 0 Å². The van der Waals surface area contributed by atoms with Gasteiger partial charge in [0.25, 0.3) is 0 Å². The van der Waals surface area contributed by atoms with Crippen molar-refractivity contribution < 1.29 is 9.90 Å². The first-order valence-corrected chi connectivity index (χ1v) is 7.52. The highest BCUT2D eigenvalue weighted by Crippen LogP contribution is 2.33. The van der Waals surface area contributed by atoms with Gasteiger partial charge in [0, 0.05) is 6.04 Å². The molecule has 104 valence electrons. The number of carboxylic acids is 1. The van der Waals surface area contributed by atoms with Gasteiger partial charge in [0.2, 0.25) is 0 Å². The Hall–Kier alpha value is -0.570. The summed E-state index contributed by atoms with van der Waals surface area (Å²) in [5, 5.41) is 12.8. The summed E-state index contributed by atoms with van der Waals surface area (Å²) in [6.07, 6.45) is 6.91. The molecule has 3 nitrogen and oxygen atoms in total. The van der Waals surface area contributed by atoms with Crippen LogP contribution in [-0.4, -0.2) is 23.7 Å². The number of aliphatic carboxylic acids is 1. The van der Waals surface area contributed by atoms with Gasteiger partial charge >= 0.3 is 5.97 Å². The summed E-state index contributed by atoms with van der Waals surface area (Å²) in [6, 6.07) is 0.610. The summed E-state index contributed by atoms with van der Waals surface area (Å²) in [6.45, 7) is 5.57. The van der Waals surface area contributed by atoms with Crippen LogP contribution in [0.25, 0.3) is 0 Å². The van der Waals surface area contributed by atoms with Crippen LogP contribution in [0.5, 0.6) is 0 Å². The highest BCUT2D eigenvalue weighted by molar-refractivity contribution is 5.70. The lowest BCUT2D eigenvalue weighted by atomic mass is 9.80. The fourth-order valence-electron chi connectivity index (χ4n) is 4.04. The third-order valence-corrected chi connectivity index (χ3v) is 4.82. The van der Waals surface area contributed by atoms with E-state index in [0.717, 1.165) is 37.6 Å². The van der Waals surface area contributed by atoms with Crippen molar-refractivity contribution in [2.75, 3.05) is 6.54 Å². The first kappa shape index (κ1) is 13.9. The SMILES string of the molecule is CC1CC(C)CC(NCC2CCCC2C(=O)O)C1. The van der Waals surface area contributed by atoms with E-state index in [0.29, 0.717) is 12.0 Å². The molecule has 0 heterocycles. The van der Waals surface area contributed by atoms with Crippen molar-refractivity contribution in [2.45, 2.75) is 58.4 Å². The van der Waals surface area contributed by atoms with Gasteiger partial charge in [0.05, 0.1) is 5.92 Å². The van der Waals surface area contributed by atoms with Gasteiger partial charge in [-0.15, -0.1) is 0 Å². The van der Waals surface area contributed by atoms with Crippen LogP contribution in [0, 0.1) is 23.7 Å². The molecule has 0 aromatic rings. The first-order valence-electron chi connectivity index (χ1n) is 7.52. The van der Waals surface area contributed by atoms with Crippen LogP contribution in [0.15, 0.2) is 0 Å². The topological polar surface area (TPSA) is 49.3 Å². The molecule has 4 unspecified atom stereocenters. The lowest BCUT2D eigenvalue weighted by Crippen LogP contribution is -2.40. The van der Waals surface area contributed by atoms with Crippen molar-refractivity contribution in [3.05, 3.63) is 0 Å². The van der Waals surface area contributed by atoms with Crippen molar-refractivity contribution >= 4 is 5.97 Å². The predicted molar refractivity (Wildman–Crippen MR) is 72.4 cm³/mol. The Kier molecular flexibility index (Phi) is 4.66. The monoisotopic (exact) mass is 253 g/mol. The molecule has 18 heavy (non-hydrogen) atoms. The molecular weight excluding hydrogens is 226 g/mol. The molecule has 3 heteroatoms. The molecule has 0 amide bonds. The molecule has 4 atom stereocenters. The van der Waals surface area contributed by atoms with E-state index in [4.69, 9.17) is 0 Å². The van der Waals surface area contributed by atoms with E-state index >= 15 is 0 Å².